The van der Waals surface area contributed by atoms with Gasteiger partial charge in [0.2, 0.25) is 0 Å². The molecule has 0 saturated heterocycles. The van der Waals surface area contributed by atoms with Crippen molar-refractivity contribution in [3.05, 3.63) is 117 Å². The smallest absolute Gasteiger partial charge is 0.338 e. The minimum absolute atomic E-state index is 0.0776. The molecule has 0 fully saturated rings. The Balaban J connectivity index is 1.51. The number of carbonyl (C=O) groups is 2. The van der Waals surface area contributed by atoms with Crippen LogP contribution in [0.2, 0.25) is 0 Å². The molecule has 0 saturated carbocycles. The number of carboxylic acid groups (broad SMARTS) is 1. The fourth-order valence-corrected chi connectivity index (χ4v) is 6.83. The number of methoxy groups -OCH3 is 1. The van der Waals surface area contributed by atoms with Gasteiger partial charge >= 0.3 is 11.9 Å². The van der Waals surface area contributed by atoms with Gasteiger partial charge in [-0.25, -0.2) is 14.6 Å². The Morgan fingerprint density at radius 3 is 2.43 bits per heavy atom. The highest BCUT2D eigenvalue weighted by Crippen LogP contribution is 2.36. The molecule has 0 aliphatic carbocycles. The maximum absolute atomic E-state index is 14.1. The van der Waals surface area contributed by atoms with E-state index in [-0.39, 0.29) is 36.0 Å². The summed E-state index contributed by atoms with van der Waals surface area (Å²) in [5.74, 6) is 0.157. The second-order valence-electron chi connectivity index (χ2n) is 10.9. The molecule has 10 nitrogen and oxygen atoms in total. The Labute approximate surface area is 288 Å². The Morgan fingerprint density at radius 1 is 1.06 bits per heavy atom. The maximum Gasteiger partial charge on any atom is 0.338 e. The summed E-state index contributed by atoms with van der Waals surface area (Å²) >= 11 is 3.42. The third-order valence-electron chi connectivity index (χ3n) is 7.23. The first kappa shape index (κ1) is 33.9. The van der Waals surface area contributed by atoms with E-state index in [0.29, 0.717) is 37.8 Å². The number of fused-ring (bicyclic) bond motifs is 1. The van der Waals surface area contributed by atoms with Gasteiger partial charge in [0.15, 0.2) is 16.3 Å². The molecule has 2 heterocycles. The van der Waals surface area contributed by atoms with E-state index in [4.69, 9.17) is 24.1 Å². The zero-order valence-corrected chi connectivity index (χ0v) is 29.4. The highest BCUT2D eigenvalue weighted by Gasteiger charge is 2.34. The van der Waals surface area contributed by atoms with E-state index in [1.807, 2.05) is 38.1 Å². The van der Waals surface area contributed by atoms with E-state index < -0.39 is 18.0 Å². The highest BCUT2D eigenvalue weighted by molar-refractivity contribution is 14.1. The van der Waals surface area contributed by atoms with Crippen molar-refractivity contribution in [3.63, 3.8) is 0 Å². The fraction of sp³-hybridized carbons (Fsp3) is 0.257. The zero-order valence-electron chi connectivity index (χ0n) is 26.4. The first-order chi connectivity index (χ1) is 22.5. The summed E-state index contributed by atoms with van der Waals surface area (Å²) < 4.78 is 25.7. The van der Waals surface area contributed by atoms with Crippen molar-refractivity contribution in [2.45, 2.75) is 46.4 Å². The number of aromatic nitrogens is 1. The number of nitrogens with zero attached hydrogens (tertiary/aromatic N) is 2. The van der Waals surface area contributed by atoms with Crippen molar-refractivity contribution in [2.75, 3.05) is 13.7 Å². The van der Waals surface area contributed by atoms with E-state index in [9.17, 15) is 14.4 Å². The summed E-state index contributed by atoms with van der Waals surface area (Å²) in [6.45, 7) is 7.75. The number of halogens is 1. The molecule has 1 atom stereocenters. The lowest BCUT2D eigenvalue weighted by molar-refractivity contribution is -0.139. The second kappa shape index (κ2) is 14.6. The molecule has 1 aliphatic rings. The van der Waals surface area contributed by atoms with Gasteiger partial charge in [0.05, 0.1) is 50.8 Å². The summed E-state index contributed by atoms with van der Waals surface area (Å²) in [6, 6.07) is 16.7. The number of benzene rings is 3. The van der Waals surface area contributed by atoms with Crippen molar-refractivity contribution in [1.29, 1.82) is 0 Å². The van der Waals surface area contributed by atoms with Crippen molar-refractivity contribution in [1.82, 2.24) is 4.57 Å². The molecule has 3 aromatic carbocycles. The minimum Gasteiger partial charge on any atom is -0.493 e. The summed E-state index contributed by atoms with van der Waals surface area (Å²) in [5.41, 5.74) is 2.93. The van der Waals surface area contributed by atoms with E-state index in [0.717, 1.165) is 14.7 Å². The van der Waals surface area contributed by atoms with Crippen LogP contribution >= 0.6 is 33.9 Å². The zero-order chi connectivity index (χ0) is 33.8. The second-order valence-corrected chi connectivity index (χ2v) is 13.0. The van der Waals surface area contributed by atoms with Gasteiger partial charge in [-0.2, -0.15) is 0 Å². The summed E-state index contributed by atoms with van der Waals surface area (Å²) in [7, 11) is 1.54. The topological polar surface area (TPSA) is 126 Å². The number of hydrogen-bond acceptors (Lipinski definition) is 9. The Morgan fingerprint density at radius 2 is 1.79 bits per heavy atom. The largest absolute Gasteiger partial charge is 0.493 e. The molecule has 5 rings (SSSR count). The van der Waals surface area contributed by atoms with Gasteiger partial charge in [-0.1, -0.05) is 35.6 Å². The van der Waals surface area contributed by atoms with Crippen LogP contribution in [0.15, 0.2) is 81.7 Å². The Bertz CT molecular complexity index is 2050. The molecule has 47 heavy (non-hydrogen) atoms. The van der Waals surface area contributed by atoms with Gasteiger partial charge in [-0.3, -0.25) is 9.36 Å². The average molecular weight is 769 g/mol. The molecule has 0 amide bonds. The normalized spacial score (nSPS) is 14.4. The van der Waals surface area contributed by atoms with Crippen LogP contribution in [0.1, 0.15) is 60.8 Å². The molecule has 1 N–H and O–H groups in total. The molecule has 244 valence electrons. The molecule has 1 aliphatic heterocycles. The lowest BCUT2D eigenvalue weighted by atomic mass is 9.95. The summed E-state index contributed by atoms with van der Waals surface area (Å²) in [6.07, 6.45) is 1.72. The average Bonchev–Trinajstić information content (AvgIpc) is 3.33. The summed E-state index contributed by atoms with van der Waals surface area (Å²) in [5, 5.41) is 9.11. The molecule has 0 unspecified atom stereocenters. The van der Waals surface area contributed by atoms with Gasteiger partial charge in [-0.15, -0.1) is 0 Å². The van der Waals surface area contributed by atoms with E-state index in [1.54, 1.807) is 63.4 Å². The number of carboxylic acids is 1. The standard InChI is InChI=1S/C35H33IN2O8S/c1-6-44-34(42)30-20(4)37-35-38(31(30)24-12-14-27(46-19(2)3)28(17-24)43-5)32(39)29(47-35)16-22-9-13-26(25(36)15-22)45-18-21-7-10-23(11-8-21)33(40)41/h7-17,19,31H,6,18H2,1-5H3,(H,40,41)/b29-16-/t31-/m1/s1. The van der Waals surface area contributed by atoms with Gasteiger partial charge in [0.25, 0.3) is 5.56 Å². The lowest BCUT2D eigenvalue weighted by Gasteiger charge is -2.25. The molecular weight excluding hydrogens is 735 g/mol. The number of allylic oxidation sites excluding steroid dienone is 1. The lowest BCUT2D eigenvalue weighted by Crippen LogP contribution is -2.40. The Hall–Kier alpha value is -4.43. The predicted molar refractivity (Wildman–Crippen MR) is 186 cm³/mol. The molecular formula is C35H33IN2O8S. The first-order valence-electron chi connectivity index (χ1n) is 14.8. The van der Waals surface area contributed by atoms with E-state index >= 15 is 0 Å². The van der Waals surface area contributed by atoms with Gasteiger partial charge in [0, 0.05) is 0 Å². The number of rotatable bonds is 11. The molecule has 0 radical (unpaired) electrons. The predicted octanol–water partition coefficient (Wildman–Crippen LogP) is 5.48. The molecule has 4 aromatic rings. The fourth-order valence-electron chi connectivity index (χ4n) is 5.09. The minimum atomic E-state index is -0.980. The molecule has 0 bridgehead atoms. The van der Waals surface area contributed by atoms with Crippen molar-refractivity contribution in [3.8, 4) is 17.2 Å². The highest BCUT2D eigenvalue weighted by atomic mass is 127. The number of thiazole rings is 1. The number of esters is 1. The van der Waals surface area contributed by atoms with Gasteiger partial charge in [0.1, 0.15) is 12.4 Å². The van der Waals surface area contributed by atoms with Crippen LogP contribution in [-0.2, 0) is 16.1 Å². The Kier molecular flexibility index (Phi) is 10.5. The number of aromatic carboxylic acids is 1. The monoisotopic (exact) mass is 768 g/mol. The van der Waals surface area contributed by atoms with Crippen molar-refractivity contribution < 1.29 is 33.6 Å². The van der Waals surface area contributed by atoms with Crippen LogP contribution in [0.5, 0.6) is 17.2 Å². The third kappa shape index (κ3) is 7.43. The van der Waals surface area contributed by atoms with Crippen LogP contribution < -0.4 is 29.1 Å². The van der Waals surface area contributed by atoms with Crippen molar-refractivity contribution in [2.24, 2.45) is 4.99 Å². The van der Waals surface area contributed by atoms with E-state index in [2.05, 4.69) is 27.6 Å². The maximum atomic E-state index is 14.1. The van der Waals surface area contributed by atoms with E-state index in [1.165, 1.54) is 15.9 Å². The third-order valence-corrected chi connectivity index (χ3v) is 9.06. The summed E-state index contributed by atoms with van der Waals surface area (Å²) in [4.78, 5) is 43.6. The molecule has 12 heteroatoms. The number of carbonyl (C=O) groups excluding carboxylic acids is 1. The van der Waals surface area contributed by atoms with Gasteiger partial charge < -0.3 is 24.1 Å². The number of ether oxygens (including phenoxy) is 4. The quantitative estimate of drug-likeness (QED) is 0.157. The van der Waals surface area contributed by atoms with Crippen LogP contribution in [0, 0.1) is 3.57 Å². The van der Waals surface area contributed by atoms with Crippen LogP contribution in [0.3, 0.4) is 0 Å². The van der Waals surface area contributed by atoms with Gasteiger partial charge in [-0.05, 0) is 109 Å². The first-order valence-corrected chi connectivity index (χ1v) is 16.7. The van der Waals surface area contributed by atoms with Crippen LogP contribution in [0.4, 0.5) is 0 Å². The SMILES string of the molecule is CCOC(=O)C1=C(C)N=c2s/c(=C\c3ccc(OCc4ccc(C(=O)O)cc4)c(I)c3)c(=O)n2[C@@H]1c1ccc(OC(C)C)c(OC)c1. The molecule has 1 aromatic heterocycles. The number of hydrogen-bond donors (Lipinski definition) is 1. The molecule has 0 spiro atoms. The van der Waals surface area contributed by atoms with Crippen LogP contribution in [-0.4, -0.2) is 41.4 Å². The van der Waals surface area contributed by atoms with Crippen LogP contribution in [0.25, 0.3) is 6.08 Å². The van der Waals surface area contributed by atoms with Crippen molar-refractivity contribution >= 4 is 51.9 Å².